The van der Waals surface area contributed by atoms with Crippen LogP contribution in [0.5, 0.6) is 0 Å². The summed E-state index contributed by atoms with van der Waals surface area (Å²) in [6.07, 6.45) is 3.90. The number of aryl methyl sites for hydroxylation is 1. The van der Waals surface area contributed by atoms with Gasteiger partial charge in [-0.15, -0.1) is 0 Å². The lowest BCUT2D eigenvalue weighted by molar-refractivity contribution is -0.122. The van der Waals surface area contributed by atoms with Gasteiger partial charge in [0.2, 0.25) is 5.91 Å². The lowest BCUT2D eigenvalue weighted by Crippen LogP contribution is -2.31. The largest absolute Gasteiger partial charge is 0.345 e. The number of carbonyl (C=O) groups is 1. The zero-order valence-electron chi connectivity index (χ0n) is 16.3. The van der Waals surface area contributed by atoms with Gasteiger partial charge in [0.05, 0.1) is 17.8 Å². The summed E-state index contributed by atoms with van der Waals surface area (Å²) in [5.41, 5.74) is 5.30. The molecule has 0 radical (unpaired) electrons. The lowest BCUT2D eigenvalue weighted by Gasteiger charge is -2.21. The second-order valence-electron chi connectivity index (χ2n) is 6.99. The molecule has 27 heavy (non-hydrogen) atoms. The second kappa shape index (κ2) is 8.16. The fraction of sp³-hybridized carbons (Fsp3) is 0.318. The van der Waals surface area contributed by atoms with Crippen LogP contribution < -0.4 is 5.32 Å². The first-order valence-corrected chi connectivity index (χ1v) is 9.24. The van der Waals surface area contributed by atoms with Gasteiger partial charge in [0.15, 0.2) is 0 Å². The molecule has 2 atom stereocenters. The van der Waals surface area contributed by atoms with Gasteiger partial charge in [-0.05, 0) is 50.5 Å². The Morgan fingerprint density at radius 3 is 2.37 bits per heavy atom. The Morgan fingerprint density at radius 1 is 1.07 bits per heavy atom. The standard InChI is InChI=1S/C22H26N4O/c1-15(26-18(4)16(2)17(3)25-26)13-21(27)24-22(19-9-6-5-7-10-19)20-11-8-12-23-14-20/h5-12,14-15,22H,13H2,1-4H3,(H,24,27)/t15-,22-/m0/s1. The molecular formula is C22H26N4O. The summed E-state index contributed by atoms with van der Waals surface area (Å²) < 4.78 is 1.95. The van der Waals surface area contributed by atoms with E-state index in [2.05, 4.69) is 22.3 Å². The van der Waals surface area contributed by atoms with Crippen molar-refractivity contribution in [2.75, 3.05) is 0 Å². The number of rotatable bonds is 6. The Bertz CT molecular complexity index is 863. The highest BCUT2D eigenvalue weighted by Crippen LogP contribution is 2.23. The van der Waals surface area contributed by atoms with Gasteiger partial charge in [-0.2, -0.15) is 5.10 Å². The number of hydrogen-bond donors (Lipinski definition) is 1. The van der Waals surface area contributed by atoms with Crippen molar-refractivity contribution < 1.29 is 4.79 Å². The van der Waals surface area contributed by atoms with E-state index < -0.39 is 0 Å². The Balaban J connectivity index is 1.78. The van der Waals surface area contributed by atoms with Gasteiger partial charge in [0.25, 0.3) is 0 Å². The third-order valence-electron chi connectivity index (χ3n) is 5.04. The number of nitrogens with one attached hydrogen (secondary N) is 1. The van der Waals surface area contributed by atoms with E-state index in [1.165, 1.54) is 5.56 Å². The highest BCUT2D eigenvalue weighted by atomic mass is 16.1. The zero-order valence-corrected chi connectivity index (χ0v) is 16.3. The molecule has 5 heteroatoms. The van der Waals surface area contributed by atoms with E-state index in [4.69, 9.17) is 0 Å². The second-order valence-corrected chi connectivity index (χ2v) is 6.99. The van der Waals surface area contributed by atoms with Gasteiger partial charge < -0.3 is 5.32 Å². The average molecular weight is 362 g/mol. The van der Waals surface area contributed by atoms with Crippen LogP contribution in [0.4, 0.5) is 0 Å². The lowest BCUT2D eigenvalue weighted by atomic mass is 10.00. The molecule has 0 unspecified atom stereocenters. The highest BCUT2D eigenvalue weighted by molar-refractivity contribution is 5.77. The molecule has 0 spiro atoms. The summed E-state index contributed by atoms with van der Waals surface area (Å²) in [5, 5.41) is 7.76. The maximum absolute atomic E-state index is 12.8. The molecule has 3 aromatic rings. The summed E-state index contributed by atoms with van der Waals surface area (Å²) in [6.45, 7) is 8.14. The van der Waals surface area contributed by atoms with Crippen molar-refractivity contribution in [1.29, 1.82) is 0 Å². The van der Waals surface area contributed by atoms with Gasteiger partial charge in [-0.3, -0.25) is 14.5 Å². The van der Waals surface area contributed by atoms with E-state index in [1.54, 1.807) is 12.4 Å². The number of nitrogens with zero attached hydrogens (tertiary/aromatic N) is 3. The molecule has 0 fully saturated rings. The van der Waals surface area contributed by atoms with Crippen LogP contribution in [0.15, 0.2) is 54.9 Å². The Kier molecular flexibility index (Phi) is 5.69. The number of amides is 1. The first-order chi connectivity index (χ1) is 13.0. The van der Waals surface area contributed by atoms with E-state index in [-0.39, 0.29) is 18.0 Å². The van der Waals surface area contributed by atoms with Crippen molar-refractivity contribution in [3.8, 4) is 0 Å². The molecule has 2 heterocycles. The Hall–Kier alpha value is -2.95. The molecule has 5 nitrogen and oxygen atoms in total. The average Bonchev–Trinajstić information content (AvgIpc) is 2.95. The van der Waals surface area contributed by atoms with Crippen LogP contribution in [-0.2, 0) is 4.79 Å². The van der Waals surface area contributed by atoms with Crippen LogP contribution in [0, 0.1) is 20.8 Å². The molecule has 2 aromatic heterocycles. The SMILES string of the molecule is Cc1nn([C@@H](C)CC(=O)N[C@@H](c2ccccc2)c2cccnc2)c(C)c1C. The van der Waals surface area contributed by atoms with E-state index in [1.807, 2.05) is 67.9 Å². The molecule has 0 saturated carbocycles. The number of benzene rings is 1. The molecular weight excluding hydrogens is 336 g/mol. The van der Waals surface area contributed by atoms with Crippen LogP contribution in [0.3, 0.4) is 0 Å². The smallest absolute Gasteiger partial charge is 0.222 e. The molecule has 0 aliphatic rings. The molecule has 1 amide bonds. The van der Waals surface area contributed by atoms with Gasteiger partial charge in [-0.25, -0.2) is 0 Å². The molecule has 1 N–H and O–H groups in total. The van der Waals surface area contributed by atoms with Crippen LogP contribution in [0.2, 0.25) is 0 Å². The first-order valence-electron chi connectivity index (χ1n) is 9.24. The summed E-state index contributed by atoms with van der Waals surface area (Å²) >= 11 is 0. The van der Waals surface area contributed by atoms with Crippen molar-refractivity contribution >= 4 is 5.91 Å². The van der Waals surface area contributed by atoms with Crippen molar-refractivity contribution in [2.45, 2.75) is 46.2 Å². The summed E-state index contributed by atoms with van der Waals surface area (Å²) in [5.74, 6) is -0.00888. The minimum atomic E-state index is -0.221. The topological polar surface area (TPSA) is 59.8 Å². The van der Waals surface area contributed by atoms with Crippen molar-refractivity contribution in [1.82, 2.24) is 20.1 Å². The maximum Gasteiger partial charge on any atom is 0.222 e. The van der Waals surface area contributed by atoms with E-state index in [0.29, 0.717) is 6.42 Å². The Labute approximate surface area is 160 Å². The first kappa shape index (κ1) is 18.8. The van der Waals surface area contributed by atoms with Gasteiger partial charge in [-0.1, -0.05) is 36.4 Å². The summed E-state index contributed by atoms with van der Waals surface area (Å²) in [6, 6.07) is 13.6. The highest BCUT2D eigenvalue weighted by Gasteiger charge is 2.20. The van der Waals surface area contributed by atoms with Crippen LogP contribution >= 0.6 is 0 Å². The fourth-order valence-electron chi connectivity index (χ4n) is 3.30. The number of pyridine rings is 1. The molecule has 0 aliphatic carbocycles. The van der Waals surface area contributed by atoms with Gasteiger partial charge in [0, 0.05) is 24.5 Å². The number of aromatic nitrogens is 3. The summed E-state index contributed by atoms with van der Waals surface area (Å²) in [4.78, 5) is 17.0. The predicted molar refractivity (Wildman–Crippen MR) is 106 cm³/mol. The molecule has 0 bridgehead atoms. The van der Waals surface area contributed by atoms with E-state index in [9.17, 15) is 4.79 Å². The summed E-state index contributed by atoms with van der Waals surface area (Å²) in [7, 11) is 0. The molecule has 0 saturated heterocycles. The third kappa shape index (κ3) is 4.25. The zero-order chi connectivity index (χ0) is 19.4. The van der Waals surface area contributed by atoms with E-state index in [0.717, 1.165) is 22.5 Å². The monoisotopic (exact) mass is 362 g/mol. The van der Waals surface area contributed by atoms with Crippen LogP contribution in [0.25, 0.3) is 0 Å². The van der Waals surface area contributed by atoms with Crippen molar-refractivity contribution in [3.63, 3.8) is 0 Å². The molecule has 1 aromatic carbocycles. The van der Waals surface area contributed by atoms with E-state index >= 15 is 0 Å². The van der Waals surface area contributed by atoms with Crippen LogP contribution in [0.1, 0.15) is 53.5 Å². The van der Waals surface area contributed by atoms with Gasteiger partial charge >= 0.3 is 0 Å². The minimum absolute atomic E-state index is 0.00888. The maximum atomic E-state index is 12.8. The molecule has 3 rings (SSSR count). The van der Waals surface area contributed by atoms with Crippen molar-refractivity contribution in [3.05, 3.63) is 82.9 Å². The number of hydrogen-bond acceptors (Lipinski definition) is 3. The Morgan fingerprint density at radius 2 is 1.78 bits per heavy atom. The van der Waals surface area contributed by atoms with Crippen LogP contribution in [-0.4, -0.2) is 20.7 Å². The van der Waals surface area contributed by atoms with Crippen molar-refractivity contribution in [2.24, 2.45) is 0 Å². The quantitative estimate of drug-likeness (QED) is 0.719. The normalized spacial score (nSPS) is 13.2. The third-order valence-corrected chi connectivity index (χ3v) is 5.04. The fourth-order valence-corrected chi connectivity index (χ4v) is 3.30. The molecule has 0 aliphatic heterocycles. The van der Waals surface area contributed by atoms with Gasteiger partial charge in [0.1, 0.15) is 0 Å². The molecule has 140 valence electrons. The number of carbonyl (C=O) groups excluding carboxylic acids is 1. The minimum Gasteiger partial charge on any atom is -0.345 e. The predicted octanol–water partition coefficient (Wildman–Crippen LogP) is 4.06.